The Bertz CT molecular complexity index is 687. The van der Waals surface area contributed by atoms with Gasteiger partial charge in [0.15, 0.2) is 5.78 Å². The molecule has 1 aliphatic heterocycles. The molecule has 1 fully saturated rings. The molecule has 0 unspecified atom stereocenters. The SMILES string of the molecule is Cc1ccc(/C=C2\SC(=N)[C@@H](c3nccs3)C2=O)cc1. The van der Waals surface area contributed by atoms with Gasteiger partial charge in [0, 0.05) is 11.6 Å². The summed E-state index contributed by atoms with van der Waals surface area (Å²) in [6.07, 6.45) is 3.53. The van der Waals surface area contributed by atoms with Crippen LogP contribution in [0.15, 0.2) is 40.7 Å². The summed E-state index contributed by atoms with van der Waals surface area (Å²) in [5.74, 6) is -0.521. The van der Waals surface area contributed by atoms with Gasteiger partial charge in [-0.15, -0.1) is 11.3 Å². The topological polar surface area (TPSA) is 53.8 Å². The Morgan fingerprint density at radius 2 is 2.05 bits per heavy atom. The first-order valence-corrected chi connectivity index (χ1v) is 7.83. The van der Waals surface area contributed by atoms with Gasteiger partial charge in [-0.1, -0.05) is 41.6 Å². The molecule has 1 N–H and O–H groups in total. The summed E-state index contributed by atoms with van der Waals surface area (Å²) in [6.45, 7) is 2.03. The van der Waals surface area contributed by atoms with E-state index in [9.17, 15) is 4.79 Å². The smallest absolute Gasteiger partial charge is 0.186 e. The third-order valence-corrected chi connectivity index (χ3v) is 4.90. The van der Waals surface area contributed by atoms with Crippen LogP contribution in [0.3, 0.4) is 0 Å². The maximum absolute atomic E-state index is 12.4. The Morgan fingerprint density at radius 3 is 2.70 bits per heavy atom. The van der Waals surface area contributed by atoms with E-state index in [1.54, 1.807) is 6.20 Å². The highest BCUT2D eigenvalue weighted by molar-refractivity contribution is 8.19. The third-order valence-electron chi connectivity index (χ3n) is 3.06. The summed E-state index contributed by atoms with van der Waals surface area (Å²) in [4.78, 5) is 17.2. The Kier molecular flexibility index (Phi) is 3.54. The minimum absolute atomic E-state index is 0.0180. The van der Waals surface area contributed by atoms with Gasteiger partial charge in [-0.05, 0) is 18.6 Å². The van der Waals surface area contributed by atoms with E-state index in [2.05, 4.69) is 4.98 Å². The summed E-state index contributed by atoms with van der Waals surface area (Å²) in [5.41, 5.74) is 2.17. The van der Waals surface area contributed by atoms with Crippen LogP contribution in [0.1, 0.15) is 22.1 Å². The monoisotopic (exact) mass is 300 g/mol. The van der Waals surface area contributed by atoms with Crippen LogP contribution in [0, 0.1) is 12.3 Å². The first-order valence-electron chi connectivity index (χ1n) is 6.13. The van der Waals surface area contributed by atoms with E-state index in [1.807, 2.05) is 42.6 Å². The number of thioether (sulfide) groups is 1. The molecule has 0 bridgehead atoms. The molecule has 5 heteroatoms. The number of hydrogen-bond donors (Lipinski definition) is 1. The summed E-state index contributed by atoms with van der Waals surface area (Å²) in [7, 11) is 0. The summed E-state index contributed by atoms with van der Waals surface area (Å²) >= 11 is 2.67. The van der Waals surface area contributed by atoms with Crippen molar-refractivity contribution in [3.8, 4) is 0 Å². The molecule has 3 rings (SSSR count). The van der Waals surface area contributed by atoms with Gasteiger partial charge >= 0.3 is 0 Å². The van der Waals surface area contributed by atoms with Crippen LogP contribution < -0.4 is 0 Å². The van der Waals surface area contributed by atoms with Crippen LogP contribution in [0.5, 0.6) is 0 Å². The van der Waals surface area contributed by atoms with Gasteiger partial charge in [0.05, 0.1) is 9.95 Å². The fourth-order valence-electron chi connectivity index (χ4n) is 2.00. The number of nitrogens with one attached hydrogen (secondary N) is 1. The number of benzene rings is 1. The number of ketones is 1. The van der Waals surface area contributed by atoms with Crippen molar-refractivity contribution in [2.45, 2.75) is 12.8 Å². The summed E-state index contributed by atoms with van der Waals surface area (Å²) in [5, 5.41) is 10.9. The van der Waals surface area contributed by atoms with E-state index in [0.717, 1.165) is 5.56 Å². The maximum Gasteiger partial charge on any atom is 0.186 e. The number of aryl methyl sites for hydroxylation is 1. The lowest BCUT2D eigenvalue weighted by Crippen LogP contribution is -2.11. The molecule has 1 aliphatic rings. The van der Waals surface area contributed by atoms with Crippen molar-refractivity contribution in [3.05, 3.63) is 56.9 Å². The fraction of sp³-hybridized carbons (Fsp3) is 0.133. The Labute approximate surface area is 125 Å². The third kappa shape index (κ3) is 2.46. The van der Waals surface area contributed by atoms with E-state index >= 15 is 0 Å². The van der Waals surface area contributed by atoms with Gasteiger partial charge in [0.25, 0.3) is 0 Å². The maximum atomic E-state index is 12.4. The van der Waals surface area contributed by atoms with Crippen LogP contribution in [-0.4, -0.2) is 15.8 Å². The van der Waals surface area contributed by atoms with Crippen molar-refractivity contribution in [3.63, 3.8) is 0 Å². The van der Waals surface area contributed by atoms with Crippen molar-refractivity contribution < 1.29 is 4.79 Å². The van der Waals surface area contributed by atoms with E-state index in [1.165, 1.54) is 28.7 Å². The minimum Gasteiger partial charge on any atom is -0.297 e. The van der Waals surface area contributed by atoms with E-state index in [0.29, 0.717) is 15.0 Å². The van der Waals surface area contributed by atoms with Crippen molar-refractivity contribution in [1.29, 1.82) is 5.41 Å². The zero-order valence-corrected chi connectivity index (χ0v) is 12.4. The molecule has 1 aromatic carbocycles. The normalized spacial score (nSPS) is 20.9. The zero-order chi connectivity index (χ0) is 14.1. The van der Waals surface area contributed by atoms with Gasteiger partial charge in [-0.25, -0.2) is 4.98 Å². The van der Waals surface area contributed by atoms with Gasteiger partial charge in [-0.3, -0.25) is 10.2 Å². The minimum atomic E-state index is -0.503. The standard InChI is InChI=1S/C15H12N2OS2/c1-9-2-4-10(5-3-9)8-11-13(18)12(14(16)20-11)15-17-6-7-19-15/h2-8,12,16H,1H3/b11-8-,16-14?/t12-/m0/s1. The average Bonchev–Trinajstić information content (AvgIpc) is 3.02. The van der Waals surface area contributed by atoms with Crippen LogP contribution >= 0.6 is 23.1 Å². The molecule has 0 saturated carbocycles. The molecule has 3 nitrogen and oxygen atoms in total. The number of rotatable bonds is 2. The molecular formula is C15H12N2OS2. The number of carbonyl (C=O) groups is 1. The van der Waals surface area contributed by atoms with Crippen molar-refractivity contribution in [2.75, 3.05) is 0 Å². The predicted molar refractivity (Wildman–Crippen MR) is 84.3 cm³/mol. The second kappa shape index (κ2) is 5.34. The molecule has 0 spiro atoms. The first kappa shape index (κ1) is 13.3. The number of hydrogen-bond acceptors (Lipinski definition) is 5. The Morgan fingerprint density at radius 1 is 1.30 bits per heavy atom. The van der Waals surface area contributed by atoms with Gasteiger partial charge in [0.2, 0.25) is 0 Å². The lowest BCUT2D eigenvalue weighted by Gasteiger charge is -2.01. The summed E-state index contributed by atoms with van der Waals surface area (Å²) < 4.78 is 0. The lowest BCUT2D eigenvalue weighted by molar-refractivity contribution is -0.114. The predicted octanol–water partition coefficient (Wildman–Crippen LogP) is 3.87. The number of thiazole rings is 1. The van der Waals surface area contributed by atoms with Gasteiger partial charge in [-0.2, -0.15) is 0 Å². The average molecular weight is 300 g/mol. The van der Waals surface area contributed by atoms with Crippen LogP contribution in [0.2, 0.25) is 0 Å². The molecule has 0 radical (unpaired) electrons. The quantitative estimate of drug-likeness (QED) is 0.857. The lowest BCUT2D eigenvalue weighted by atomic mass is 10.0. The zero-order valence-electron chi connectivity index (χ0n) is 10.8. The van der Waals surface area contributed by atoms with E-state index < -0.39 is 5.92 Å². The summed E-state index contributed by atoms with van der Waals surface area (Å²) in [6, 6.07) is 7.99. The van der Waals surface area contributed by atoms with Gasteiger partial charge in [0.1, 0.15) is 10.9 Å². The second-order valence-corrected chi connectivity index (χ2v) is 6.56. The highest BCUT2D eigenvalue weighted by Crippen LogP contribution is 2.41. The van der Waals surface area contributed by atoms with Crippen molar-refractivity contribution in [1.82, 2.24) is 4.98 Å². The van der Waals surface area contributed by atoms with Crippen molar-refractivity contribution in [2.24, 2.45) is 0 Å². The molecule has 1 aromatic heterocycles. The second-order valence-electron chi connectivity index (χ2n) is 4.55. The molecule has 0 amide bonds. The Balaban J connectivity index is 1.91. The van der Waals surface area contributed by atoms with E-state index in [-0.39, 0.29) is 5.78 Å². The molecular weight excluding hydrogens is 288 g/mol. The number of allylic oxidation sites excluding steroid dienone is 1. The number of nitrogens with zero attached hydrogens (tertiary/aromatic N) is 1. The van der Waals surface area contributed by atoms with Crippen LogP contribution in [0.25, 0.3) is 6.08 Å². The van der Waals surface area contributed by atoms with Crippen LogP contribution in [0.4, 0.5) is 0 Å². The molecule has 100 valence electrons. The van der Waals surface area contributed by atoms with E-state index in [4.69, 9.17) is 5.41 Å². The highest BCUT2D eigenvalue weighted by Gasteiger charge is 2.38. The number of aromatic nitrogens is 1. The molecule has 2 aromatic rings. The van der Waals surface area contributed by atoms with Gasteiger partial charge < -0.3 is 0 Å². The largest absolute Gasteiger partial charge is 0.297 e. The molecule has 2 heterocycles. The molecule has 1 atom stereocenters. The fourth-order valence-corrected chi connectivity index (χ4v) is 3.81. The van der Waals surface area contributed by atoms with Crippen LogP contribution in [-0.2, 0) is 4.79 Å². The molecule has 0 aliphatic carbocycles. The highest BCUT2D eigenvalue weighted by atomic mass is 32.2. The molecule has 20 heavy (non-hydrogen) atoms. The Hall–Kier alpha value is -1.72. The first-order chi connectivity index (χ1) is 9.65. The molecule has 1 saturated heterocycles. The van der Waals surface area contributed by atoms with Crippen molar-refractivity contribution >= 4 is 40.0 Å². The number of carbonyl (C=O) groups excluding carboxylic acids is 1. The number of Topliss-reactive ketones (excluding diaryl/α,β-unsaturated/α-hetero) is 1.